The number of ether oxygens (including phenoxy) is 3. The molecule has 0 aromatic heterocycles. The van der Waals surface area contributed by atoms with Crippen LogP contribution in [0.2, 0.25) is 0 Å². The molecule has 1 N–H and O–H groups in total. The van der Waals surface area contributed by atoms with Gasteiger partial charge in [-0.2, -0.15) is 0 Å². The minimum Gasteiger partial charge on any atom is -0.493 e. The molecule has 3 amide bonds. The highest BCUT2D eigenvalue weighted by atomic mass is 32.2. The van der Waals surface area contributed by atoms with Crippen LogP contribution in [0, 0.1) is 10.1 Å². The number of imide groups is 1. The molecule has 1 aliphatic heterocycles. The first-order valence-electron chi connectivity index (χ1n) is 12.1. The Morgan fingerprint density at radius 1 is 1.02 bits per heavy atom. The van der Waals surface area contributed by atoms with Crippen LogP contribution in [0.25, 0.3) is 6.08 Å². The molecule has 0 spiro atoms. The van der Waals surface area contributed by atoms with Crippen molar-refractivity contribution >= 4 is 46.3 Å². The van der Waals surface area contributed by atoms with Gasteiger partial charge in [0.2, 0.25) is 0 Å². The summed E-state index contributed by atoms with van der Waals surface area (Å²) in [7, 11) is 1.44. The van der Waals surface area contributed by atoms with E-state index in [1.807, 2.05) is 6.92 Å². The van der Waals surface area contributed by atoms with Crippen molar-refractivity contribution < 1.29 is 33.5 Å². The number of anilines is 1. The van der Waals surface area contributed by atoms with Crippen LogP contribution in [-0.2, 0) is 16.1 Å². The number of nitro benzene ring substituents is 1. The minimum absolute atomic E-state index is 0.159. The highest BCUT2D eigenvalue weighted by Gasteiger charge is 2.36. The molecule has 0 unspecified atom stereocenters. The molecule has 0 saturated carbocycles. The fraction of sp³-hybridized carbons (Fsp3) is 0.179. The molecule has 11 nitrogen and oxygen atoms in total. The number of thioether (sulfide) groups is 1. The smallest absolute Gasteiger partial charge is 0.293 e. The molecule has 1 saturated heterocycles. The fourth-order valence-electron chi connectivity index (χ4n) is 3.85. The van der Waals surface area contributed by atoms with Crippen molar-refractivity contribution in [2.75, 3.05) is 25.6 Å². The zero-order chi connectivity index (χ0) is 28.6. The molecule has 3 aromatic carbocycles. The van der Waals surface area contributed by atoms with Crippen molar-refractivity contribution in [1.29, 1.82) is 0 Å². The van der Waals surface area contributed by atoms with E-state index in [0.717, 1.165) is 16.7 Å². The normalized spacial score (nSPS) is 13.8. The largest absolute Gasteiger partial charge is 0.493 e. The Kier molecular flexibility index (Phi) is 9.02. The van der Waals surface area contributed by atoms with E-state index >= 15 is 0 Å². The number of carbonyl (C=O) groups is 3. The second-order valence-electron chi connectivity index (χ2n) is 8.33. The molecule has 0 aliphatic carbocycles. The monoisotopic (exact) mass is 563 g/mol. The zero-order valence-electron chi connectivity index (χ0n) is 21.6. The highest BCUT2D eigenvalue weighted by Crippen LogP contribution is 2.36. The maximum atomic E-state index is 13.0. The molecular formula is C28H25N3O8S. The predicted molar refractivity (Wildman–Crippen MR) is 149 cm³/mol. The summed E-state index contributed by atoms with van der Waals surface area (Å²) in [6, 6.07) is 17.9. The summed E-state index contributed by atoms with van der Waals surface area (Å²) in [5, 5.41) is 13.5. The molecule has 1 fully saturated rings. The zero-order valence-corrected chi connectivity index (χ0v) is 22.4. The lowest BCUT2D eigenvalue weighted by Gasteiger charge is -2.13. The highest BCUT2D eigenvalue weighted by molar-refractivity contribution is 8.18. The number of para-hydroxylation sites is 3. The third-order valence-corrected chi connectivity index (χ3v) is 6.60. The number of carbonyl (C=O) groups excluding carboxylic acids is 3. The average molecular weight is 564 g/mol. The SMILES string of the molecule is CCOc1ccccc1NC(=O)COc1ccc(/C=C2\SC(=O)N(Cc3ccccc3[N+](=O)[O-])C2=O)cc1OC. The van der Waals surface area contributed by atoms with Gasteiger partial charge in [-0.05, 0) is 54.6 Å². The third kappa shape index (κ3) is 6.59. The van der Waals surface area contributed by atoms with Crippen LogP contribution in [0.4, 0.5) is 16.2 Å². The molecule has 0 bridgehead atoms. The van der Waals surface area contributed by atoms with Gasteiger partial charge in [0.25, 0.3) is 22.7 Å². The van der Waals surface area contributed by atoms with E-state index in [0.29, 0.717) is 35.1 Å². The Morgan fingerprint density at radius 3 is 2.52 bits per heavy atom. The van der Waals surface area contributed by atoms with E-state index in [1.165, 1.54) is 31.4 Å². The number of methoxy groups -OCH3 is 1. The fourth-order valence-corrected chi connectivity index (χ4v) is 4.69. The van der Waals surface area contributed by atoms with Crippen LogP contribution in [0.3, 0.4) is 0 Å². The lowest BCUT2D eigenvalue weighted by molar-refractivity contribution is -0.385. The predicted octanol–water partition coefficient (Wildman–Crippen LogP) is 5.26. The number of nitrogens with one attached hydrogen (secondary N) is 1. The number of nitrogens with zero attached hydrogens (tertiary/aromatic N) is 2. The molecule has 1 aliphatic rings. The molecule has 4 rings (SSSR count). The molecule has 206 valence electrons. The lowest BCUT2D eigenvalue weighted by Crippen LogP contribution is -2.27. The number of hydrogen-bond acceptors (Lipinski definition) is 9. The second-order valence-corrected chi connectivity index (χ2v) is 9.32. The van der Waals surface area contributed by atoms with Crippen molar-refractivity contribution in [2.45, 2.75) is 13.5 Å². The number of rotatable bonds is 11. The van der Waals surface area contributed by atoms with E-state index < -0.39 is 22.0 Å². The standard InChI is InChI=1S/C28H25N3O8S/c1-3-38-22-11-7-5-9-20(22)29-26(32)17-39-23-13-12-18(14-24(23)37-2)15-25-27(33)30(28(34)40-25)16-19-8-4-6-10-21(19)31(35)36/h4-15H,3,16-17H2,1-2H3,(H,29,32)/b25-15-. The van der Waals surface area contributed by atoms with Crippen LogP contribution in [0.15, 0.2) is 71.6 Å². The van der Waals surface area contributed by atoms with Gasteiger partial charge in [0.1, 0.15) is 5.75 Å². The molecule has 1 heterocycles. The van der Waals surface area contributed by atoms with Crippen molar-refractivity contribution in [3.63, 3.8) is 0 Å². The first-order chi connectivity index (χ1) is 19.3. The van der Waals surface area contributed by atoms with E-state index in [9.17, 15) is 24.5 Å². The maximum Gasteiger partial charge on any atom is 0.293 e. The first kappa shape index (κ1) is 28.2. The maximum absolute atomic E-state index is 13.0. The van der Waals surface area contributed by atoms with Crippen LogP contribution in [0.1, 0.15) is 18.1 Å². The van der Waals surface area contributed by atoms with Crippen molar-refractivity contribution in [3.05, 3.63) is 92.9 Å². The summed E-state index contributed by atoms with van der Waals surface area (Å²) in [6.45, 7) is 1.80. The Labute approximate surface area is 233 Å². The van der Waals surface area contributed by atoms with Crippen LogP contribution in [-0.4, -0.2) is 47.2 Å². The molecule has 3 aromatic rings. The number of hydrogen-bond donors (Lipinski definition) is 1. The summed E-state index contributed by atoms with van der Waals surface area (Å²) >= 11 is 0.741. The van der Waals surface area contributed by atoms with Crippen LogP contribution in [0.5, 0.6) is 17.2 Å². The Hall–Kier alpha value is -4.84. The average Bonchev–Trinajstić information content (AvgIpc) is 3.20. The van der Waals surface area contributed by atoms with E-state index in [4.69, 9.17) is 14.2 Å². The Morgan fingerprint density at radius 2 is 1.77 bits per heavy atom. The number of nitro groups is 1. The van der Waals surface area contributed by atoms with Gasteiger partial charge in [-0.3, -0.25) is 29.4 Å². The Balaban J connectivity index is 1.43. The number of benzene rings is 3. The minimum atomic E-state index is -0.559. The van der Waals surface area contributed by atoms with Gasteiger partial charge in [-0.15, -0.1) is 0 Å². The van der Waals surface area contributed by atoms with Gasteiger partial charge in [-0.25, -0.2) is 0 Å². The summed E-state index contributed by atoms with van der Waals surface area (Å²) in [4.78, 5) is 49.9. The van der Waals surface area contributed by atoms with Gasteiger partial charge >= 0.3 is 0 Å². The quantitative estimate of drug-likeness (QED) is 0.188. The third-order valence-electron chi connectivity index (χ3n) is 5.70. The summed E-state index contributed by atoms with van der Waals surface area (Å²) < 4.78 is 16.6. The molecule has 12 heteroatoms. The van der Waals surface area contributed by atoms with E-state index in [1.54, 1.807) is 48.5 Å². The van der Waals surface area contributed by atoms with Crippen LogP contribution >= 0.6 is 11.8 Å². The molecule has 0 radical (unpaired) electrons. The van der Waals surface area contributed by atoms with Gasteiger partial charge in [0, 0.05) is 11.6 Å². The van der Waals surface area contributed by atoms with Gasteiger partial charge in [0.15, 0.2) is 18.1 Å². The van der Waals surface area contributed by atoms with E-state index in [-0.39, 0.29) is 29.3 Å². The summed E-state index contributed by atoms with van der Waals surface area (Å²) in [5.41, 5.74) is 1.16. The first-order valence-corrected chi connectivity index (χ1v) is 12.9. The summed E-state index contributed by atoms with van der Waals surface area (Å²) in [6.07, 6.45) is 1.52. The molecule has 40 heavy (non-hydrogen) atoms. The lowest BCUT2D eigenvalue weighted by atomic mass is 10.1. The van der Waals surface area contributed by atoms with Crippen molar-refractivity contribution in [2.24, 2.45) is 0 Å². The Bertz CT molecular complexity index is 1490. The van der Waals surface area contributed by atoms with Gasteiger partial charge < -0.3 is 19.5 Å². The van der Waals surface area contributed by atoms with E-state index in [2.05, 4.69) is 5.32 Å². The molecular weight excluding hydrogens is 538 g/mol. The number of amides is 3. The second kappa shape index (κ2) is 12.8. The summed E-state index contributed by atoms with van der Waals surface area (Å²) in [5.74, 6) is 0.210. The van der Waals surface area contributed by atoms with Crippen molar-refractivity contribution in [1.82, 2.24) is 4.90 Å². The van der Waals surface area contributed by atoms with Gasteiger partial charge in [-0.1, -0.05) is 36.4 Å². The molecule has 0 atom stereocenters. The van der Waals surface area contributed by atoms with Crippen molar-refractivity contribution in [3.8, 4) is 17.2 Å². The van der Waals surface area contributed by atoms with Gasteiger partial charge in [0.05, 0.1) is 35.8 Å². The van der Waals surface area contributed by atoms with Crippen LogP contribution < -0.4 is 19.5 Å². The topological polar surface area (TPSA) is 137 Å².